The number of aromatic nitrogens is 2. The zero-order chi connectivity index (χ0) is 27.8. The summed E-state index contributed by atoms with van der Waals surface area (Å²) in [6.07, 6.45) is 14.0. The molecule has 4 fully saturated rings. The molecule has 1 saturated carbocycles. The fourth-order valence-electron chi connectivity index (χ4n) is 7.99. The van der Waals surface area contributed by atoms with Crippen molar-refractivity contribution in [1.82, 2.24) is 19.8 Å². The molecule has 1 aromatic heterocycles. The summed E-state index contributed by atoms with van der Waals surface area (Å²) in [5.74, 6) is -0.0674. The molecule has 0 radical (unpaired) electrons. The van der Waals surface area contributed by atoms with Crippen LogP contribution in [0, 0.1) is 5.92 Å². The molecule has 6 rings (SSSR count). The number of epoxide rings is 1. The van der Waals surface area contributed by atoms with Crippen molar-refractivity contribution in [2.24, 2.45) is 5.92 Å². The number of ether oxygens (including phenoxy) is 2. The summed E-state index contributed by atoms with van der Waals surface area (Å²) >= 11 is 0. The first-order valence-corrected chi connectivity index (χ1v) is 15.7. The fourth-order valence-corrected chi connectivity index (χ4v) is 7.99. The highest BCUT2D eigenvalue weighted by molar-refractivity contribution is 5.94. The third kappa shape index (κ3) is 5.59. The SMILES string of the molecule is COC1OC1C(CC(C)C)NC(=O)c1nc2ccccc2n([C@H]2C[C@H]3CC[C@@H](C2)N3C2CCCCCCC2)c1=O. The molecule has 4 heterocycles. The van der Waals surface area contributed by atoms with Crippen molar-refractivity contribution in [2.75, 3.05) is 7.11 Å². The lowest BCUT2D eigenvalue weighted by Crippen LogP contribution is -2.50. The van der Waals surface area contributed by atoms with Crippen LogP contribution in [0.1, 0.15) is 107 Å². The summed E-state index contributed by atoms with van der Waals surface area (Å²) < 4.78 is 12.9. The number of hydrogen-bond donors (Lipinski definition) is 1. The van der Waals surface area contributed by atoms with Gasteiger partial charge in [0.2, 0.25) is 0 Å². The van der Waals surface area contributed by atoms with Gasteiger partial charge in [-0.25, -0.2) is 4.98 Å². The molecule has 1 amide bonds. The van der Waals surface area contributed by atoms with Crippen LogP contribution in [0.3, 0.4) is 0 Å². The first-order chi connectivity index (χ1) is 19.4. The van der Waals surface area contributed by atoms with E-state index in [9.17, 15) is 9.59 Å². The van der Waals surface area contributed by atoms with Gasteiger partial charge in [-0.3, -0.25) is 14.5 Å². The number of nitrogens with one attached hydrogen (secondary N) is 1. The lowest BCUT2D eigenvalue weighted by molar-refractivity contribution is 0.0497. The second-order valence-electron chi connectivity index (χ2n) is 13.0. The first-order valence-electron chi connectivity index (χ1n) is 15.7. The predicted molar refractivity (Wildman–Crippen MR) is 155 cm³/mol. The van der Waals surface area contributed by atoms with Gasteiger partial charge in [-0.2, -0.15) is 0 Å². The Bertz CT molecular complexity index is 1240. The van der Waals surface area contributed by atoms with Crippen molar-refractivity contribution in [3.05, 3.63) is 40.3 Å². The lowest BCUT2D eigenvalue weighted by Gasteiger charge is -2.45. The molecule has 1 aliphatic carbocycles. The number of methoxy groups -OCH3 is 1. The van der Waals surface area contributed by atoms with Crippen molar-refractivity contribution in [2.45, 2.75) is 134 Å². The van der Waals surface area contributed by atoms with Crippen LogP contribution in [0.15, 0.2) is 29.1 Å². The van der Waals surface area contributed by atoms with E-state index in [1.54, 1.807) is 7.11 Å². The molecule has 6 atom stereocenters. The maximum atomic E-state index is 14.1. The maximum absolute atomic E-state index is 14.1. The standard InChI is InChI=1S/C32H46N4O4/c1-20(2)17-26(29-32(39-3)40-29)34-30(37)28-31(38)36(27-14-10-9-13-25(27)33-28)24-18-22-15-16-23(19-24)35(22)21-11-7-5-4-6-8-12-21/h9-10,13-14,20-24,26,29,32H,4-8,11-12,15-19H2,1-3H3,(H,34,37)/t22-,23+,24+,26?,29?,32?. The minimum atomic E-state index is -0.421. The van der Waals surface area contributed by atoms with Gasteiger partial charge in [-0.15, -0.1) is 0 Å². The number of carbonyl (C=O) groups is 1. The van der Waals surface area contributed by atoms with E-state index in [4.69, 9.17) is 9.47 Å². The molecule has 1 aromatic carbocycles. The highest BCUT2D eigenvalue weighted by Gasteiger charge is 2.47. The zero-order valence-corrected chi connectivity index (χ0v) is 24.4. The second kappa shape index (κ2) is 11.9. The van der Waals surface area contributed by atoms with Gasteiger partial charge in [0.05, 0.1) is 17.1 Å². The summed E-state index contributed by atoms with van der Waals surface area (Å²) in [6.45, 7) is 4.23. The number of piperidine rings is 1. The molecule has 3 unspecified atom stereocenters. The number of amides is 1. The average Bonchev–Trinajstić information content (AvgIpc) is 3.66. The summed E-state index contributed by atoms with van der Waals surface area (Å²) in [5, 5.41) is 3.09. The topological polar surface area (TPSA) is 89.0 Å². The molecule has 8 nitrogen and oxygen atoms in total. The number of rotatable bonds is 8. The highest BCUT2D eigenvalue weighted by atomic mass is 16.8. The van der Waals surface area contributed by atoms with Crippen LogP contribution in [0.4, 0.5) is 0 Å². The van der Waals surface area contributed by atoms with Gasteiger partial charge in [0.1, 0.15) is 6.10 Å². The summed E-state index contributed by atoms with van der Waals surface area (Å²) in [4.78, 5) is 35.2. The summed E-state index contributed by atoms with van der Waals surface area (Å²) in [7, 11) is 1.61. The Hall–Kier alpha value is -2.29. The van der Waals surface area contributed by atoms with Crippen molar-refractivity contribution in [3.8, 4) is 0 Å². The zero-order valence-electron chi connectivity index (χ0n) is 24.4. The average molecular weight is 551 g/mol. The minimum Gasteiger partial charge on any atom is -0.353 e. The number of carbonyl (C=O) groups excluding carboxylic acids is 1. The Balaban J connectivity index is 1.28. The number of hydrogen-bond acceptors (Lipinski definition) is 6. The third-order valence-corrected chi connectivity index (χ3v) is 9.79. The van der Waals surface area contributed by atoms with Gasteiger partial charge >= 0.3 is 0 Å². The molecule has 40 heavy (non-hydrogen) atoms. The monoisotopic (exact) mass is 550 g/mol. The Kier molecular flexibility index (Phi) is 8.29. The Morgan fingerprint density at radius 3 is 2.33 bits per heavy atom. The Labute approximate surface area is 237 Å². The van der Waals surface area contributed by atoms with Crippen molar-refractivity contribution >= 4 is 16.9 Å². The lowest BCUT2D eigenvalue weighted by atomic mass is 9.89. The van der Waals surface area contributed by atoms with Gasteiger partial charge in [0.15, 0.2) is 12.0 Å². The molecule has 3 saturated heterocycles. The predicted octanol–water partition coefficient (Wildman–Crippen LogP) is 5.19. The molecule has 4 aliphatic rings. The van der Waals surface area contributed by atoms with Crippen LogP contribution in [0.5, 0.6) is 0 Å². The summed E-state index contributed by atoms with van der Waals surface area (Å²) in [6, 6.07) is 9.34. The summed E-state index contributed by atoms with van der Waals surface area (Å²) in [5.41, 5.74) is 1.23. The molecule has 2 bridgehead atoms. The quantitative estimate of drug-likeness (QED) is 0.455. The number of nitrogens with zero attached hydrogens (tertiary/aromatic N) is 3. The molecule has 3 aliphatic heterocycles. The van der Waals surface area contributed by atoms with E-state index in [1.165, 1.54) is 57.8 Å². The van der Waals surface area contributed by atoms with Gasteiger partial charge in [0, 0.05) is 31.3 Å². The molecule has 1 N–H and O–H groups in total. The van der Waals surface area contributed by atoms with E-state index >= 15 is 0 Å². The van der Waals surface area contributed by atoms with E-state index < -0.39 is 5.91 Å². The van der Waals surface area contributed by atoms with E-state index in [1.807, 2.05) is 28.8 Å². The van der Waals surface area contributed by atoms with Gasteiger partial charge in [-0.1, -0.05) is 58.1 Å². The van der Waals surface area contributed by atoms with E-state index in [-0.39, 0.29) is 35.7 Å². The molecular formula is C32H46N4O4. The smallest absolute Gasteiger partial charge is 0.282 e. The Morgan fingerprint density at radius 2 is 1.68 bits per heavy atom. The van der Waals surface area contributed by atoms with Crippen LogP contribution >= 0.6 is 0 Å². The fraction of sp³-hybridized carbons (Fsp3) is 0.719. The van der Waals surface area contributed by atoms with Crippen molar-refractivity contribution in [3.63, 3.8) is 0 Å². The molecule has 2 aromatic rings. The molecule has 218 valence electrons. The minimum absolute atomic E-state index is 0.0168. The van der Waals surface area contributed by atoms with Gasteiger partial charge < -0.3 is 19.4 Å². The molecular weight excluding hydrogens is 504 g/mol. The normalized spacial score (nSPS) is 30.2. The van der Waals surface area contributed by atoms with Crippen LogP contribution in [-0.4, -0.2) is 64.0 Å². The van der Waals surface area contributed by atoms with Crippen molar-refractivity contribution in [1.29, 1.82) is 0 Å². The van der Waals surface area contributed by atoms with Crippen molar-refractivity contribution < 1.29 is 14.3 Å². The van der Waals surface area contributed by atoms with Gasteiger partial charge in [0.25, 0.3) is 11.5 Å². The largest absolute Gasteiger partial charge is 0.353 e. The van der Waals surface area contributed by atoms with Crippen LogP contribution in [0.25, 0.3) is 11.0 Å². The first kappa shape index (κ1) is 27.9. The van der Waals surface area contributed by atoms with Crippen LogP contribution in [0.2, 0.25) is 0 Å². The highest BCUT2D eigenvalue weighted by Crippen LogP contribution is 2.44. The second-order valence-corrected chi connectivity index (χ2v) is 13.0. The third-order valence-electron chi connectivity index (χ3n) is 9.79. The van der Waals surface area contributed by atoms with E-state index in [0.29, 0.717) is 29.6 Å². The van der Waals surface area contributed by atoms with Gasteiger partial charge in [-0.05, 0) is 63.0 Å². The number of para-hydroxylation sites is 2. The molecule has 0 spiro atoms. The number of benzene rings is 1. The van der Waals surface area contributed by atoms with Crippen LogP contribution < -0.4 is 10.9 Å². The number of fused-ring (bicyclic) bond motifs is 3. The van der Waals surface area contributed by atoms with E-state index in [0.717, 1.165) is 24.8 Å². The van der Waals surface area contributed by atoms with E-state index in [2.05, 4.69) is 29.0 Å². The Morgan fingerprint density at radius 1 is 1.00 bits per heavy atom. The molecule has 8 heteroatoms. The van der Waals surface area contributed by atoms with Crippen LogP contribution in [-0.2, 0) is 9.47 Å². The maximum Gasteiger partial charge on any atom is 0.282 e.